The van der Waals surface area contributed by atoms with E-state index in [4.69, 9.17) is 25.8 Å². The van der Waals surface area contributed by atoms with Crippen LogP contribution >= 0.6 is 11.6 Å². The summed E-state index contributed by atoms with van der Waals surface area (Å²) in [5, 5.41) is 10.7. The molecule has 1 aliphatic heterocycles. The molecule has 1 aliphatic rings. The predicted octanol–water partition coefficient (Wildman–Crippen LogP) is 2.78. The van der Waals surface area contributed by atoms with Crippen molar-refractivity contribution in [3.05, 3.63) is 33.3 Å². The summed E-state index contributed by atoms with van der Waals surface area (Å²) >= 11 is 5.78. The van der Waals surface area contributed by atoms with Crippen molar-refractivity contribution in [1.82, 2.24) is 0 Å². The molecular formula is C12H14ClNO5. The van der Waals surface area contributed by atoms with Gasteiger partial charge >= 0.3 is 0 Å². The van der Waals surface area contributed by atoms with E-state index < -0.39 is 4.92 Å². The van der Waals surface area contributed by atoms with Crippen LogP contribution in [0.4, 0.5) is 5.69 Å². The number of rotatable bonds is 5. The Bertz CT molecular complexity index is 448. The molecule has 0 unspecified atom stereocenters. The van der Waals surface area contributed by atoms with Crippen molar-refractivity contribution < 1.29 is 19.1 Å². The molecule has 1 heterocycles. The van der Waals surface area contributed by atoms with Crippen LogP contribution < -0.4 is 4.74 Å². The average molecular weight is 288 g/mol. The van der Waals surface area contributed by atoms with Crippen molar-refractivity contribution in [3.63, 3.8) is 0 Å². The van der Waals surface area contributed by atoms with Gasteiger partial charge in [-0.15, -0.1) is 0 Å². The minimum atomic E-state index is -0.532. The van der Waals surface area contributed by atoms with Crippen LogP contribution in [-0.2, 0) is 9.47 Å². The van der Waals surface area contributed by atoms with E-state index in [0.717, 1.165) is 6.42 Å². The maximum Gasteiger partial charge on any atom is 0.288 e. The summed E-state index contributed by atoms with van der Waals surface area (Å²) in [6, 6.07) is 4.28. The van der Waals surface area contributed by atoms with Gasteiger partial charge < -0.3 is 14.2 Å². The van der Waals surface area contributed by atoms with Crippen LogP contribution in [0.25, 0.3) is 0 Å². The minimum Gasteiger partial charge on any atom is -0.493 e. The number of hydrogen-bond acceptors (Lipinski definition) is 5. The molecule has 0 aromatic heterocycles. The average Bonchev–Trinajstić information content (AvgIpc) is 2.39. The summed E-state index contributed by atoms with van der Waals surface area (Å²) in [6.45, 7) is 1.81. The van der Waals surface area contributed by atoms with Crippen molar-refractivity contribution in [2.75, 3.05) is 19.8 Å². The quantitative estimate of drug-likeness (QED) is 0.615. The number of nitro groups is 1. The van der Waals surface area contributed by atoms with Crippen LogP contribution in [0.3, 0.4) is 0 Å². The molecule has 0 spiro atoms. The molecule has 19 heavy (non-hydrogen) atoms. The molecule has 0 aliphatic carbocycles. The van der Waals surface area contributed by atoms with Crippen LogP contribution in [-0.4, -0.2) is 31.0 Å². The first-order valence-corrected chi connectivity index (χ1v) is 6.34. The largest absolute Gasteiger partial charge is 0.493 e. The summed E-state index contributed by atoms with van der Waals surface area (Å²) in [6.07, 6.45) is 1.28. The van der Waals surface area contributed by atoms with E-state index in [9.17, 15) is 10.1 Å². The van der Waals surface area contributed by atoms with Crippen molar-refractivity contribution in [2.24, 2.45) is 0 Å². The van der Waals surface area contributed by atoms with Gasteiger partial charge in [0.1, 0.15) is 10.8 Å². The van der Waals surface area contributed by atoms with Gasteiger partial charge in [-0.05, 0) is 12.5 Å². The summed E-state index contributed by atoms with van der Waals surface area (Å²) in [4.78, 5) is 10.1. The standard InChI is InChI=1S/C12H14ClNO5/c13-10-8-9(2-3-11(10)14(15)16)17-7-4-12-18-5-1-6-19-12/h2-3,8,12H,1,4-7H2. The van der Waals surface area contributed by atoms with Gasteiger partial charge in [-0.25, -0.2) is 0 Å². The highest BCUT2D eigenvalue weighted by atomic mass is 35.5. The minimum absolute atomic E-state index is 0.0627. The smallest absolute Gasteiger partial charge is 0.288 e. The van der Waals surface area contributed by atoms with Gasteiger partial charge in [0.05, 0.1) is 24.7 Å². The second-order valence-corrected chi connectivity index (χ2v) is 4.44. The van der Waals surface area contributed by atoms with Gasteiger partial charge in [0.15, 0.2) is 6.29 Å². The van der Waals surface area contributed by atoms with Gasteiger partial charge in [-0.3, -0.25) is 10.1 Å². The molecule has 0 atom stereocenters. The summed E-state index contributed by atoms with van der Waals surface area (Å²) < 4.78 is 16.2. The molecule has 1 saturated heterocycles. The van der Waals surface area contributed by atoms with E-state index in [1.165, 1.54) is 18.2 Å². The first-order chi connectivity index (χ1) is 9.16. The first-order valence-electron chi connectivity index (χ1n) is 5.97. The lowest BCUT2D eigenvalue weighted by atomic mass is 10.3. The molecule has 0 amide bonds. The normalized spacial score (nSPS) is 16.3. The van der Waals surface area contributed by atoms with Crippen molar-refractivity contribution >= 4 is 17.3 Å². The molecule has 1 aromatic carbocycles. The third-order valence-corrected chi connectivity index (χ3v) is 2.94. The molecule has 1 fully saturated rings. The van der Waals surface area contributed by atoms with E-state index in [2.05, 4.69) is 0 Å². The van der Waals surface area contributed by atoms with Crippen molar-refractivity contribution in [2.45, 2.75) is 19.1 Å². The lowest BCUT2D eigenvalue weighted by Gasteiger charge is -2.23. The third-order valence-electron chi connectivity index (χ3n) is 2.63. The Kier molecular flexibility index (Phi) is 4.95. The maximum atomic E-state index is 10.6. The number of nitrogens with zero attached hydrogens (tertiary/aromatic N) is 1. The zero-order chi connectivity index (χ0) is 13.7. The lowest BCUT2D eigenvalue weighted by molar-refractivity contribution is -0.384. The zero-order valence-electron chi connectivity index (χ0n) is 10.2. The predicted molar refractivity (Wildman–Crippen MR) is 68.5 cm³/mol. The molecule has 2 rings (SSSR count). The van der Waals surface area contributed by atoms with Crippen LogP contribution in [0.5, 0.6) is 5.75 Å². The van der Waals surface area contributed by atoms with E-state index in [-0.39, 0.29) is 17.0 Å². The second kappa shape index (κ2) is 6.70. The number of hydrogen-bond donors (Lipinski definition) is 0. The molecule has 0 bridgehead atoms. The molecule has 0 N–H and O–H groups in total. The second-order valence-electron chi connectivity index (χ2n) is 4.03. The summed E-state index contributed by atoms with van der Waals surface area (Å²) in [7, 11) is 0. The van der Waals surface area contributed by atoms with Crippen molar-refractivity contribution in [3.8, 4) is 5.75 Å². The van der Waals surface area contributed by atoms with Gasteiger partial charge in [-0.2, -0.15) is 0 Å². The third kappa shape index (κ3) is 4.05. The molecule has 1 aromatic rings. The lowest BCUT2D eigenvalue weighted by Crippen LogP contribution is -2.26. The molecule has 7 heteroatoms. The van der Waals surface area contributed by atoms with Crippen molar-refractivity contribution in [1.29, 1.82) is 0 Å². The van der Waals surface area contributed by atoms with Crippen LogP contribution in [0.1, 0.15) is 12.8 Å². The Morgan fingerprint density at radius 3 is 2.79 bits per heavy atom. The maximum absolute atomic E-state index is 10.6. The molecule has 6 nitrogen and oxygen atoms in total. The number of halogens is 1. The highest BCUT2D eigenvalue weighted by Gasteiger charge is 2.15. The molecule has 0 radical (unpaired) electrons. The van der Waals surface area contributed by atoms with Crippen LogP contribution in [0.2, 0.25) is 5.02 Å². The van der Waals surface area contributed by atoms with Crippen LogP contribution in [0.15, 0.2) is 18.2 Å². The molecule has 0 saturated carbocycles. The van der Waals surface area contributed by atoms with Gasteiger partial charge in [0, 0.05) is 18.6 Å². The molecule has 104 valence electrons. The SMILES string of the molecule is O=[N+]([O-])c1ccc(OCCC2OCCCO2)cc1Cl. The van der Waals surface area contributed by atoms with E-state index >= 15 is 0 Å². The first kappa shape index (κ1) is 14.0. The summed E-state index contributed by atoms with van der Waals surface area (Å²) in [5.74, 6) is 0.492. The highest BCUT2D eigenvalue weighted by Crippen LogP contribution is 2.28. The van der Waals surface area contributed by atoms with Gasteiger partial charge in [0.2, 0.25) is 0 Å². The summed E-state index contributed by atoms with van der Waals surface area (Å²) in [5.41, 5.74) is -0.132. The fourth-order valence-corrected chi connectivity index (χ4v) is 1.94. The van der Waals surface area contributed by atoms with Gasteiger partial charge in [-0.1, -0.05) is 11.6 Å². The van der Waals surface area contributed by atoms with E-state index in [0.29, 0.717) is 32.0 Å². The Balaban J connectivity index is 1.82. The van der Waals surface area contributed by atoms with E-state index in [1.807, 2.05) is 0 Å². The molecular weight excluding hydrogens is 274 g/mol. The number of benzene rings is 1. The fourth-order valence-electron chi connectivity index (χ4n) is 1.70. The number of ether oxygens (including phenoxy) is 3. The number of nitro benzene ring substituents is 1. The van der Waals surface area contributed by atoms with Crippen LogP contribution in [0, 0.1) is 10.1 Å². The highest BCUT2D eigenvalue weighted by molar-refractivity contribution is 6.32. The van der Waals surface area contributed by atoms with Gasteiger partial charge in [0.25, 0.3) is 5.69 Å². The topological polar surface area (TPSA) is 70.8 Å². The Morgan fingerprint density at radius 1 is 1.42 bits per heavy atom. The Labute approximate surface area is 115 Å². The zero-order valence-corrected chi connectivity index (χ0v) is 11.0. The Morgan fingerprint density at radius 2 is 2.16 bits per heavy atom. The monoisotopic (exact) mass is 287 g/mol. The fraction of sp³-hybridized carbons (Fsp3) is 0.500. The Hall–Kier alpha value is -1.37. The van der Waals surface area contributed by atoms with E-state index in [1.54, 1.807) is 0 Å².